The highest BCUT2D eigenvalue weighted by molar-refractivity contribution is 7.92. The normalized spacial score (nSPS) is 23.3. The number of nitrogens with zero attached hydrogens (tertiary/aromatic N) is 2. The molecule has 0 radical (unpaired) electrons. The van der Waals surface area contributed by atoms with Gasteiger partial charge in [0.25, 0.3) is 5.92 Å². The van der Waals surface area contributed by atoms with E-state index in [1.807, 2.05) is 19.1 Å². The Morgan fingerprint density at radius 1 is 1.19 bits per heavy atom. The zero-order valence-corrected chi connectivity index (χ0v) is 18.6. The van der Waals surface area contributed by atoms with Crippen LogP contribution in [0.2, 0.25) is 5.02 Å². The average molecular weight is 469 g/mol. The van der Waals surface area contributed by atoms with Crippen LogP contribution in [0.15, 0.2) is 41.4 Å². The van der Waals surface area contributed by atoms with Gasteiger partial charge in [-0.1, -0.05) is 17.7 Å². The minimum Gasteiger partial charge on any atom is -0.336 e. The topological polar surface area (TPSA) is 67.3 Å². The first-order valence-electron chi connectivity index (χ1n) is 10.2. The second-order valence-corrected chi connectivity index (χ2v) is 11.0. The van der Waals surface area contributed by atoms with Gasteiger partial charge in [0, 0.05) is 30.8 Å². The van der Waals surface area contributed by atoms with Crippen molar-refractivity contribution >= 4 is 27.3 Å². The van der Waals surface area contributed by atoms with Crippen molar-refractivity contribution < 1.29 is 22.0 Å². The third-order valence-corrected chi connectivity index (χ3v) is 8.82. The number of alkyl halides is 2. The van der Waals surface area contributed by atoms with Crippen molar-refractivity contribution in [2.24, 2.45) is 5.92 Å². The fourth-order valence-electron chi connectivity index (χ4n) is 4.44. The molecule has 4 rings (SSSR count). The lowest BCUT2D eigenvalue weighted by Gasteiger charge is -2.20. The van der Waals surface area contributed by atoms with E-state index in [0.717, 1.165) is 21.7 Å². The summed E-state index contributed by atoms with van der Waals surface area (Å²) >= 11 is 6.36. The monoisotopic (exact) mass is 468 g/mol. The number of rotatable bonds is 4. The minimum atomic E-state index is -3.75. The number of carbonyl (C=O) groups is 1. The van der Waals surface area contributed by atoms with Crippen molar-refractivity contribution in [1.82, 2.24) is 9.88 Å². The lowest BCUT2D eigenvalue weighted by Crippen LogP contribution is -2.35. The Balaban J connectivity index is 1.51. The molecule has 1 aromatic heterocycles. The maximum absolute atomic E-state index is 13.4. The average Bonchev–Trinajstić information content (AvgIpc) is 3.34. The van der Waals surface area contributed by atoms with E-state index in [1.54, 1.807) is 18.3 Å². The third-order valence-electron chi connectivity index (χ3n) is 6.12. The molecule has 0 N–H and O–H groups in total. The van der Waals surface area contributed by atoms with E-state index < -0.39 is 33.5 Å². The molecule has 1 saturated carbocycles. The number of aryl methyl sites for hydroxylation is 1. The van der Waals surface area contributed by atoms with Crippen LogP contribution in [0, 0.1) is 12.8 Å². The quantitative estimate of drug-likeness (QED) is 0.661. The van der Waals surface area contributed by atoms with E-state index in [1.165, 1.54) is 6.07 Å². The Morgan fingerprint density at radius 2 is 1.94 bits per heavy atom. The first-order chi connectivity index (χ1) is 14.6. The number of likely N-dealkylation sites (tertiary alicyclic amines) is 1. The summed E-state index contributed by atoms with van der Waals surface area (Å²) in [6.45, 7) is 1.30. The standard InChI is InChI=1S/C22H23ClF2N2O3S/c1-14-10-16(6-8-26-14)15-3-5-20(19(23)12-15)31(29,30)18-4-2-17(11-18)21(28)27-9-7-22(24,25)13-27/h3,5-6,8,10,12,17-18H,2,4,7,9,11,13H2,1H3/t17-,18-/m1/s1. The fourth-order valence-corrected chi connectivity index (χ4v) is 6.83. The third kappa shape index (κ3) is 4.46. The summed E-state index contributed by atoms with van der Waals surface area (Å²) < 4.78 is 53.3. The highest BCUT2D eigenvalue weighted by Crippen LogP contribution is 2.39. The number of sulfone groups is 1. The van der Waals surface area contributed by atoms with Crippen LogP contribution in [0.3, 0.4) is 0 Å². The first kappa shape index (κ1) is 22.1. The van der Waals surface area contributed by atoms with Crippen LogP contribution >= 0.6 is 11.6 Å². The van der Waals surface area contributed by atoms with Crippen LogP contribution < -0.4 is 0 Å². The molecule has 31 heavy (non-hydrogen) atoms. The summed E-state index contributed by atoms with van der Waals surface area (Å²) in [6.07, 6.45) is 2.15. The number of aromatic nitrogens is 1. The zero-order valence-electron chi connectivity index (χ0n) is 17.0. The Hall–Kier alpha value is -2.06. The first-order valence-corrected chi connectivity index (χ1v) is 12.1. The molecular formula is C22H23ClF2N2O3S. The summed E-state index contributed by atoms with van der Waals surface area (Å²) in [7, 11) is -3.75. The summed E-state index contributed by atoms with van der Waals surface area (Å²) in [4.78, 5) is 18.0. The van der Waals surface area contributed by atoms with Crippen molar-refractivity contribution in [3.63, 3.8) is 0 Å². The second kappa shape index (κ2) is 8.13. The molecule has 0 bridgehead atoms. The lowest BCUT2D eigenvalue weighted by atomic mass is 10.1. The minimum absolute atomic E-state index is 0.0154. The Labute approximate surface area is 185 Å². The smallest absolute Gasteiger partial charge is 0.267 e. The Bertz CT molecular complexity index is 1120. The summed E-state index contributed by atoms with van der Waals surface area (Å²) in [5.41, 5.74) is 2.50. The number of pyridine rings is 1. The van der Waals surface area contributed by atoms with Crippen molar-refractivity contribution in [3.8, 4) is 11.1 Å². The van der Waals surface area contributed by atoms with Crippen LogP contribution in [-0.2, 0) is 14.6 Å². The SMILES string of the molecule is Cc1cc(-c2ccc(S(=O)(=O)[C@@H]3CC[C@@H](C(=O)N4CCC(F)(F)C4)C3)c(Cl)c2)ccn1. The van der Waals surface area contributed by atoms with Gasteiger partial charge in [0.05, 0.1) is 21.7 Å². The van der Waals surface area contributed by atoms with Gasteiger partial charge in [-0.25, -0.2) is 17.2 Å². The van der Waals surface area contributed by atoms with E-state index in [0.29, 0.717) is 12.8 Å². The van der Waals surface area contributed by atoms with Crippen molar-refractivity contribution in [3.05, 3.63) is 47.2 Å². The van der Waals surface area contributed by atoms with Gasteiger partial charge in [0.15, 0.2) is 9.84 Å². The molecule has 2 aromatic rings. The van der Waals surface area contributed by atoms with E-state index in [2.05, 4.69) is 4.98 Å². The maximum Gasteiger partial charge on any atom is 0.267 e. The number of halogens is 3. The van der Waals surface area contributed by atoms with Crippen LogP contribution in [0.1, 0.15) is 31.4 Å². The fraction of sp³-hybridized carbons (Fsp3) is 0.455. The Morgan fingerprint density at radius 3 is 2.58 bits per heavy atom. The van der Waals surface area contributed by atoms with Gasteiger partial charge in [-0.2, -0.15) is 0 Å². The molecule has 1 aliphatic heterocycles. The summed E-state index contributed by atoms with van der Waals surface area (Å²) in [5, 5.41) is -0.628. The molecule has 1 saturated heterocycles. The molecule has 0 unspecified atom stereocenters. The van der Waals surface area contributed by atoms with Gasteiger partial charge >= 0.3 is 0 Å². The number of amides is 1. The van der Waals surface area contributed by atoms with Gasteiger partial charge in [0.2, 0.25) is 5.91 Å². The van der Waals surface area contributed by atoms with E-state index in [-0.39, 0.29) is 35.2 Å². The van der Waals surface area contributed by atoms with Gasteiger partial charge in [-0.15, -0.1) is 0 Å². The molecule has 9 heteroatoms. The molecule has 1 amide bonds. The van der Waals surface area contributed by atoms with Gasteiger partial charge in [0.1, 0.15) is 0 Å². The molecular weight excluding hydrogens is 446 g/mol. The number of hydrogen-bond donors (Lipinski definition) is 0. The summed E-state index contributed by atoms with van der Waals surface area (Å²) in [6, 6.07) is 8.53. The highest BCUT2D eigenvalue weighted by atomic mass is 35.5. The molecule has 166 valence electrons. The van der Waals surface area contributed by atoms with Crippen LogP contribution in [0.25, 0.3) is 11.1 Å². The number of hydrogen-bond acceptors (Lipinski definition) is 4. The highest BCUT2D eigenvalue weighted by Gasteiger charge is 2.45. The van der Waals surface area contributed by atoms with Crippen molar-refractivity contribution in [2.45, 2.75) is 48.7 Å². The molecule has 2 aliphatic rings. The molecule has 2 atom stereocenters. The second-order valence-electron chi connectivity index (χ2n) is 8.37. The van der Waals surface area contributed by atoms with Crippen molar-refractivity contribution in [2.75, 3.05) is 13.1 Å². The van der Waals surface area contributed by atoms with E-state index in [4.69, 9.17) is 11.6 Å². The molecule has 0 spiro atoms. The molecule has 5 nitrogen and oxygen atoms in total. The predicted octanol–water partition coefficient (Wildman–Crippen LogP) is 4.52. The number of carbonyl (C=O) groups excluding carboxylic acids is 1. The number of benzene rings is 1. The van der Waals surface area contributed by atoms with Gasteiger partial charge in [-0.05, 0) is 61.6 Å². The van der Waals surface area contributed by atoms with E-state index in [9.17, 15) is 22.0 Å². The van der Waals surface area contributed by atoms with Gasteiger partial charge in [-0.3, -0.25) is 9.78 Å². The van der Waals surface area contributed by atoms with Crippen molar-refractivity contribution in [1.29, 1.82) is 0 Å². The maximum atomic E-state index is 13.4. The predicted molar refractivity (Wildman–Crippen MR) is 114 cm³/mol. The van der Waals surface area contributed by atoms with Crippen LogP contribution in [-0.4, -0.2) is 48.5 Å². The molecule has 2 heterocycles. The summed E-state index contributed by atoms with van der Waals surface area (Å²) in [5.74, 6) is -3.78. The van der Waals surface area contributed by atoms with Crippen LogP contribution in [0.5, 0.6) is 0 Å². The zero-order chi connectivity index (χ0) is 22.4. The molecule has 2 fully saturated rings. The van der Waals surface area contributed by atoms with Gasteiger partial charge < -0.3 is 4.90 Å². The lowest BCUT2D eigenvalue weighted by molar-refractivity contribution is -0.135. The van der Waals surface area contributed by atoms with E-state index >= 15 is 0 Å². The Kier molecular flexibility index (Phi) is 5.81. The molecule has 1 aliphatic carbocycles. The van der Waals surface area contributed by atoms with Crippen LogP contribution in [0.4, 0.5) is 8.78 Å². The molecule has 1 aromatic carbocycles. The largest absolute Gasteiger partial charge is 0.336 e.